The van der Waals surface area contributed by atoms with Crippen LogP contribution in [0.2, 0.25) is 0 Å². The van der Waals surface area contributed by atoms with Gasteiger partial charge < -0.3 is 19.0 Å². The Labute approximate surface area is 336 Å². The van der Waals surface area contributed by atoms with Crippen LogP contribution in [-0.4, -0.2) is 0 Å². The molecule has 0 saturated heterocycles. The van der Waals surface area contributed by atoms with Gasteiger partial charge in [-0.25, -0.2) is 0 Å². The zero-order valence-corrected chi connectivity index (χ0v) is 33.5. The molecule has 10 rings (SSSR count). The van der Waals surface area contributed by atoms with Crippen LogP contribution in [0.1, 0.15) is 131 Å². The number of benzene rings is 4. The standard InChI is InChI=1S/C53H53NO3/c1-3-53(54)27-15-9-14-20-50-52(53)44-33-37(23-26-48(44)57-50)40-29-38(35-21-24-46-42(31-35)41-17-11-7-8-12-18-45(41)55-46)28-39(30-40)36-22-25-47-43(32-36)51-34(2)16-10-5-4-6-13-19-49(51)56-47/h12-14,18-26,28-34H,3-11,15-17,27,54H2,1-2H3/b18-12-,19-13-,20-14-. The molecule has 288 valence electrons. The molecule has 2 unspecified atom stereocenters. The number of hydrogen-bond acceptors (Lipinski definition) is 4. The Bertz CT molecular complexity index is 2730. The van der Waals surface area contributed by atoms with Crippen molar-refractivity contribution in [3.05, 3.63) is 125 Å². The van der Waals surface area contributed by atoms with Crippen LogP contribution in [0.5, 0.6) is 0 Å². The van der Waals surface area contributed by atoms with Crippen molar-refractivity contribution in [2.45, 2.75) is 109 Å². The molecule has 4 nitrogen and oxygen atoms in total. The van der Waals surface area contributed by atoms with Gasteiger partial charge in [-0.15, -0.1) is 0 Å². The highest BCUT2D eigenvalue weighted by Crippen LogP contribution is 2.44. The third-order valence-electron chi connectivity index (χ3n) is 13.2. The molecule has 0 spiro atoms. The fourth-order valence-corrected chi connectivity index (χ4v) is 9.92. The summed E-state index contributed by atoms with van der Waals surface area (Å²) in [5, 5.41) is 3.56. The van der Waals surface area contributed by atoms with Gasteiger partial charge in [-0.1, -0.05) is 63.1 Å². The van der Waals surface area contributed by atoms with Crippen LogP contribution in [0.15, 0.2) is 104 Å². The minimum Gasteiger partial charge on any atom is -0.456 e. The highest BCUT2D eigenvalue weighted by atomic mass is 16.3. The van der Waals surface area contributed by atoms with Crippen molar-refractivity contribution < 1.29 is 13.3 Å². The van der Waals surface area contributed by atoms with Gasteiger partial charge in [0, 0.05) is 38.4 Å². The SMILES string of the molecule is CCC1(N)CCC/C=C\c2oc3ccc(-c4cc(-c5ccc6oc7c(c6c5)CCCC/C=C\7)cc(-c5ccc6oc7c(c6c5)C(C)CCCCC/C=C\7)c4)cc3c21. The molecule has 2 N–H and O–H groups in total. The summed E-state index contributed by atoms with van der Waals surface area (Å²) in [4.78, 5) is 0. The Morgan fingerprint density at radius 3 is 1.81 bits per heavy atom. The quantitative estimate of drug-likeness (QED) is 0.194. The highest BCUT2D eigenvalue weighted by Gasteiger charge is 2.33. The van der Waals surface area contributed by atoms with E-state index < -0.39 is 5.54 Å². The van der Waals surface area contributed by atoms with Crippen LogP contribution < -0.4 is 5.73 Å². The molecule has 0 bridgehead atoms. The number of allylic oxidation sites excluding steroid dienone is 3. The summed E-state index contributed by atoms with van der Waals surface area (Å²) in [5.41, 5.74) is 20.5. The number of fused-ring (bicyclic) bond motifs is 9. The first-order valence-electron chi connectivity index (χ1n) is 21.6. The van der Waals surface area contributed by atoms with E-state index in [4.69, 9.17) is 19.0 Å². The molecule has 3 aliphatic carbocycles. The molecule has 0 fully saturated rings. The number of nitrogens with two attached hydrogens (primary N) is 1. The molecular weight excluding hydrogens is 699 g/mol. The molecule has 0 amide bonds. The van der Waals surface area contributed by atoms with E-state index in [-0.39, 0.29) is 0 Å². The van der Waals surface area contributed by atoms with Gasteiger partial charge in [-0.2, -0.15) is 0 Å². The fraction of sp³-hybridized carbons (Fsp3) is 0.321. The second kappa shape index (κ2) is 14.9. The lowest BCUT2D eigenvalue weighted by atomic mass is 9.80. The molecule has 3 aromatic heterocycles. The van der Waals surface area contributed by atoms with Crippen LogP contribution in [-0.2, 0) is 12.0 Å². The molecule has 0 radical (unpaired) electrons. The first kappa shape index (κ1) is 36.0. The van der Waals surface area contributed by atoms with E-state index in [2.05, 4.69) is 123 Å². The molecule has 7 aromatic rings. The van der Waals surface area contributed by atoms with E-state index in [1.807, 2.05) is 0 Å². The Kier molecular flexibility index (Phi) is 9.41. The Hall–Kier alpha value is -5.32. The molecule has 4 aromatic carbocycles. The van der Waals surface area contributed by atoms with E-state index in [1.165, 1.54) is 82.7 Å². The summed E-state index contributed by atoms with van der Waals surface area (Å²) in [7, 11) is 0. The monoisotopic (exact) mass is 751 g/mol. The van der Waals surface area contributed by atoms with Gasteiger partial charge >= 0.3 is 0 Å². The molecule has 3 aliphatic rings. The van der Waals surface area contributed by atoms with E-state index >= 15 is 0 Å². The summed E-state index contributed by atoms with van der Waals surface area (Å²) in [6.07, 6.45) is 27.8. The van der Waals surface area contributed by atoms with E-state index in [9.17, 15) is 0 Å². The molecule has 0 aliphatic heterocycles. The second-order valence-corrected chi connectivity index (χ2v) is 17.0. The van der Waals surface area contributed by atoms with Gasteiger partial charge in [0.15, 0.2) is 0 Å². The summed E-state index contributed by atoms with van der Waals surface area (Å²) < 4.78 is 19.5. The second-order valence-electron chi connectivity index (χ2n) is 17.0. The van der Waals surface area contributed by atoms with Gasteiger partial charge in [0.2, 0.25) is 0 Å². The smallest absolute Gasteiger partial charge is 0.135 e. The lowest BCUT2D eigenvalue weighted by Gasteiger charge is -2.29. The molecule has 0 saturated carbocycles. The van der Waals surface area contributed by atoms with Crippen LogP contribution >= 0.6 is 0 Å². The highest BCUT2D eigenvalue weighted by molar-refractivity contribution is 5.95. The van der Waals surface area contributed by atoms with Crippen LogP contribution in [0.4, 0.5) is 0 Å². The Morgan fingerprint density at radius 2 is 1.11 bits per heavy atom. The zero-order valence-electron chi connectivity index (χ0n) is 33.5. The third kappa shape index (κ3) is 6.62. The van der Waals surface area contributed by atoms with Gasteiger partial charge in [-0.05, 0) is 183 Å². The summed E-state index contributed by atoms with van der Waals surface area (Å²) in [6.45, 7) is 4.58. The molecule has 3 heterocycles. The maximum atomic E-state index is 7.25. The van der Waals surface area contributed by atoms with Gasteiger partial charge in [0.1, 0.15) is 34.0 Å². The fourth-order valence-electron chi connectivity index (χ4n) is 9.92. The van der Waals surface area contributed by atoms with Crippen molar-refractivity contribution in [1.82, 2.24) is 0 Å². The Morgan fingerprint density at radius 1 is 0.561 bits per heavy atom. The van der Waals surface area contributed by atoms with E-state index in [0.29, 0.717) is 5.92 Å². The third-order valence-corrected chi connectivity index (χ3v) is 13.2. The molecule has 2 atom stereocenters. The summed E-state index contributed by atoms with van der Waals surface area (Å²) in [5.74, 6) is 3.35. The summed E-state index contributed by atoms with van der Waals surface area (Å²) in [6, 6.07) is 27.3. The van der Waals surface area contributed by atoms with Gasteiger partial charge in [0.05, 0.1) is 0 Å². The lowest BCUT2D eigenvalue weighted by Crippen LogP contribution is -2.36. The van der Waals surface area contributed by atoms with Crippen molar-refractivity contribution in [3.8, 4) is 33.4 Å². The predicted molar refractivity (Wildman–Crippen MR) is 238 cm³/mol. The Balaban J connectivity index is 1.16. The van der Waals surface area contributed by atoms with Crippen LogP contribution in [0.3, 0.4) is 0 Å². The van der Waals surface area contributed by atoms with Crippen LogP contribution in [0.25, 0.3) is 84.5 Å². The predicted octanol–water partition coefficient (Wildman–Crippen LogP) is 15.5. The maximum Gasteiger partial charge on any atom is 0.135 e. The minimum absolute atomic E-state index is 0.422. The van der Waals surface area contributed by atoms with Crippen molar-refractivity contribution in [2.75, 3.05) is 0 Å². The lowest BCUT2D eigenvalue weighted by molar-refractivity contribution is 0.378. The van der Waals surface area contributed by atoms with Crippen molar-refractivity contribution >= 4 is 51.1 Å². The minimum atomic E-state index is -0.440. The first-order valence-corrected chi connectivity index (χ1v) is 21.6. The zero-order chi connectivity index (χ0) is 38.5. The molecule has 4 heteroatoms. The largest absolute Gasteiger partial charge is 0.456 e. The van der Waals surface area contributed by atoms with Crippen molar-refractivity contribution in [3.63, 3.8) is 0 Å². The van der Waals surface area contributed by atoms with Crippen molar-refractivity contribution in [1.29, 1.82) is 0 Å². The van der Waals surface area contributed by atoms with E-state index in [0.717, 1.165) is 101 Å². The van der Waals surface area contributed by atoms with Gasteiger partial charge in [0.25, 0.3) is 0 Å². The summed E-state index contributed by atoms with van der Waals surface area (Å²) >= 11 is 0. The number of hydrogen-bond donors (Lipinski definition) is 1. The van der Waals surface area contributed by atoms with Gasteiger partial charge in [-0.3, -0.25) is 0 Å². The molecule has 57 heavy (non-hydrogen) atoms. The average molecular weight is 752 g/mol. The number of rotatable bonds is 4. The normalized spacial score (nSPS) is 21.8. The average Bonchev–Trinajstić information content (AvgIpc) is 3.88. The number of aryl methyl sites for hydroxylation is 1. The van der Waals surface area contributed by atoms with E-state index in [1.54, 1.807) is 0 Å². The number of furan rings is 3. The first-order chi connectivity index (χ1) is 28.0. The van der Waals surface area contributed by atoms with Crippen LogP contribution in [0, 0.1) is 0 Å². The van der Waals surface area contributed by atoms with Crippen molar-refractivity contribution in [2.24, 2.45) is 5.73 Å². The maximum absolute atomic E-state index is 7.25. The topological polar surface area (TPSA) is 65.4 Å². The molecular formula is C53H53NO3.